The minimum atomic E-state index is -1.02. The molecule has 1 aliphatic heterocycles. The van der Waals surface area contributed by atoms with Gasteiger partial charge in [0.05, 0.1) is 11.3 Å². The Morgan fingerprint density at radius 3 is 2.44 bits per heavy atom. The predicted molar refractivity (Wildman–Crippen MR) is 104 cm³/mol. The molecular formula is C19H17N3O4S. The molecule has 138 valence electrons. The topological polar surface area (TPSA) is 108 Å². The third kappa shape index (κ3) is 4.95. The van der Waals surface area contributed by atoms with E-state index in [2.05, 4.69) is 15.6 Å². The summed E-state index contributed by atoms with van der Waals surface area (Å²) in [7, 11) is 0. The number of benzene rings is 2. The number of aliphatic imine (C=N–C) groups is 1. The van der Waals surface area contributed by atoms with Crippen LogP contribution in [0.1, 0.15) is 22.3 Å². The van der Waals surface area contributed by atoms with Crippen LogP contribution in [0.4, 0.5) is 11.4 Å². The summed E-state index contributed by atoms with van der Waals surface area (Å²) in [5.74, 6) is -1.55. The van der Waals surface area contributed by atoms with Gasteiger partial charge in [-0.25, -0.2) is 9.79 Å². The third-order valence-corrected chi connectivity index (χ3v) is 4.91. The molecule has 2 aromatic rings. The number of carboxylic acid groups (broad SMARTS) is 1. The monoisotopic (exact) mass is 383 g/mol. The van der Waals surface area contributed by atoms with Crippen molar-refractivity contribution in [3.63, 3.8) is 0 Å². The second-order valence-electron chi connectivity index (χ2n) is 5.98. The number of amidine groups is 1. The third-order valence-electron chi connectivity index (χ3n) is 3.83. The number of carboxylic acids is 1. The maximum Gasteiger partial charge on any atom is 0.335 e. The Bertz CT molecular complexity index is 908. The summed E-state index contributed by atoms with van der Waals surface area (Å²) < 4.78 is 0. The van der Waals surface area contributed by atoms with Crippen molar-refractivity contribution in [2.75, 3.05) is 5.32 Å². The normalized spacial score (nSPS) is 17.6. The van der Waals surface area contributed by atoms with E-state index < -0.39 is 11.2 Å². The molecule has 1 fully saturated rings. The van der Waals surface area contributed by atoms with Gasteiger partial charge < -0.3 is 15.7 Å². The second-order valence-corrected chi connectivity index (χ2v) is 7.17. The van der Waals surface area contributed by atoms with Crippen LogP contribution in [0.3, 0.4) is 0 Å². The number of amides is 2. The van der Waals surface area contributed by atoms with Crippen molar-refractivity contribution in [2.24, 2.45) is 4.99 Å². The standard InChI is InChI=1S/C19H17N3O4S/c1-11-2-6-13(7-3-11)20-16(23)10-15-17(24)22-19(27-15)21-14-8-4-12(5-9-14)18(25)26/h2-9,15H,10H2,1H3,(H,20,23)(H,25,26)(H,21,22,24)/t15-/m0/s1. The Kier molecular flexibility index (Phi) is 5.56. The van der Waals surface area contributed by atoms with Gasteiger partial charge in [0.25, 0.3) is 0 Å². The first kappa shape index (κ1) is 18.7. The van der Waals surface area contributed by atoms with E-state index in [0.29, 0.717) is 16.5 Å². The van der Waals surface area contributed by atoms with Crippen LogP contribution >= 0.6 is 11.8 Å². The van der Waals surface area contributed by atoms with Crippen molar-refractivity contribution in [3.8, 4) is 0 Å². The summed E-state index contributed by atoms with van der Waals surface area (Å²) in [6.07, 6.45) is 0.0291. The van der Waals surface area contributed by atoms with Crippen molar-refractivity contribution in [3.05, 3.63) is 59.7 Å². The van der Waals surface area contributed by atoms with Crippen LogP contribution in [0.2, 0.25) is 0 Å². The Morgan fingerprint density at radius 1 is 1.15 bits per heavy atom. The van der Waals surface area contributed by atoms with Crippen molar-refractivity contribution >= 4 is 46.1 Å². The largest absolute Gasteiger partial charge is 0.478 e. The number of hydrogen-bond donors (Lipinski definition) is 3. The van der Waals surface area contributed by atoms with Gasteiger partial charge in [-0.15, -0.1) is 0 Å². The van der Waals surface area contributed by atoms with Gasteiger partial charge in [-0.3, -0.25) is 9.59 Å². The Hall–Kier alpha value is -3.13. The molecule has 0 radical (unpaired) electrons. The smallest absolute Gasteiger partial charge is 0.335 e. The number of nitrogens with zero attached hydrogens (tertiary/aromatic N) is 1. The fourth-order valence-corrected chi connectivity index (χ4v) is 3.39. The van der Waals surface area contributed by atoms with Crippen LogP contribution in [0.15, 0.2) is 53.5 Å². The molecule has 1 atom stereocenters. The summed E-state index contributed by atoms with van der Waals surface area (Å²) in [5, 5.41) is 14.1. The molecule has 7 nitrogen and oxygen atoms in total. The van der Waals surface area contributed by atoms with Crippen molar-refractivity contribution in [1.82, 2.24) is 5.32 Å². The molecule has 1 aliphatic rings. The molecule has 0 unspecified atom stereocenters. The number of thioether (sulfide) groups is 1. The van der Waals surface area contributed by atoms with E-state index in [0.717, 1.165) is 5.56 Å². The van der Waals surface area contributed by atoms with Gasteiger partial charge in [-0.1, -0.05) is 29.5 Å². The van der Waals surface area contributed by atoms with E-state index in [1.54, 1.807) is 12.1 Å². The lowest BCUT2D eigenvalue weighted by atomic mass is 10.2. The van der Waals surface area contributed by atoms with E-state index in [9.17, 15) is 14.4 Å². The molecule has 0 spiro atoms. The Morgan fingerprint density at radius 2 is 1.81 bits per heavy atom. The zero-order valence-electron chi connectivity index (χ0n) is 14.4. The van der Waals surface area contributed by atoms with Crippen LogP contribution in [-0.4, -0.2) is 33.3 Å². The average molecular weight is 383 g/mol. The maximum atomic E-state index is 12.2. The molecule has 0 saturated carbocycles. The Balaban J connectivity index is 1.60. The fourth-order valence-electron chi connectivity index (χ4n) is 2.41. The summed E-state index contributed by atoms with van der Waals surface area (Å²) in [5.41, 5.74) is 2.46. The number of aryl methyl sites for hydroxylation is 1. The zero-order valence-corrected chi connectivity index (χ0v) is 15.2. The van der Waals surface area contributed by atoms with Crippen LogP contribution < -0.4 is 10.6 Å². The van der Waals surface area contributed by atoms with Crippen molar-refractivity contribution in [2.45, 2.75) is 18.6 Å². The highest BCUT2D eigenvalue weighted by Gasteiger charge is 2.32. The number of rotatable bonds is 5. The molecule has 8 heteroatoms. The van der Waals surface area contributed by atoms with E-state index in [-0.39, 0.29) is 23.8 Å². The minimum Gasteiger partial charge on any atom is -0.478 e. The van der Waals surface area contributed by atoms with Crippen LogP contribution in [-0.2, 0) is 9.59 Å². The number of anilines is 1. The molecule has 3 N–H and O–H groups in total. The van der Waals surface area contributed by atoms with Crippen LogP contribution in [0, 0.1) is 6.92 Å². The molecule has 0 aliphatic carbocycles. The maximum absolute atomic E-state index is 12.2. The summed E-state index contributed by atoms with van der Waals surface area (Å²) in [6, 6.07) is 13.4. The van der Waals surface area contributed by atoms with Crippen molar-refractivity contribution in [1.29, 1.82) is 0 Å². The van der Waals surface area contributed by atoms with Crippen LogP contribution in [0.25, 0.3) is 0 Å². The summed E-state index contributed by atoms with van der Waals surface area (Å²) >= 11 is 1.18. The molecule has 2 amide bonds. The lowest BCUT2D eigenvalue weighted by Crippen LogP contribution is -2.28. The number of hydrogen-bond acceptors (Lipinski definition) is 5. The first-order valence-electron chi connectivity index (χ1n) is 8.17. The molecule has 2 aromatic carbocycles. The average Bonchev–Trinajstić information content (AvgIpc) is 2.96. The molecule has 1 heterocycles. The highest BCUT2D eigenvalue weighted by molar-refractivity contribution is 8.15. The molecule has 0 bridgehead atoms. The molecule has 1 saturated heterocycles. The van der Waals surface area contributed by atoms with Gasteiger partial charge in [0.15, 0.2) is 5.17 Å². The van der Waals surface area contributed by atoms with Gasteiger partial charge in [0.2, 0.25) is 11.8 Å². The SMILES string of the molecule is Cc1ccc(NC(=O)C[C@@H]2SC(=Nc3ccc(C(=O)O)cc3)NC2=O)cc1. The van der Waals surface area contributed by atoms with E-state index >= 15 is 0 Å². The number of nitrogens with one attached hydrogen (secondary N) is 2. The lowest BCUT2D eigenvalue weighted by molar-refractivity contribution is -0.122. The Labute approximate surface area is 159 Å². The minimum absolute atomic E-state index is 0.0291. The van der Waals surface area contributed by atoms with Gasteiger partial charge in [-0.2, -0.15) is 0 Å². The summed E-state index contributed by atoms with van der Waals surface area (Å²) in [4.78, 5) is 39.4. The quantitative estimate of drug-likeness (QED) is 0.736. The van der Waals surface area contributed by atoms with Crippen molar-refractivity contribution < 1.29 is 19.5 Å². The zero-order chi connectivity index (χ0) is 19.4. The van der Waals surface area contributed by atoms with Gasteiger partial charge >= 0.3 is 5.97 Å². The van der Waals surface area contributed by atoms with E-state index in [4.69, 9.17) is 5.11 Å². The first-order chi connectivity index (χ1) is 12.9. The summed E-state index contributed by atoms with van der Waals surface area (Å²) in [6.45, 7) is 1.96. The van der Waals surface area contributed by atoms with E-state index in [1.165, 1.54) is 23.9 Å². The molecule has 0 aromatic heterocycles. The predicted octanol–water partition coefficient (Wildman–Crippen LogP) is 2.94. The molecule has 3 rings (SSSR count). The number of carbonyl (C=O) groups excluding carboxylic acids is 2. The molecule has 27 heavy (non-hydrogen) atoms. The van der Waals surface area contributed by atoms with Gasteiger partial charge in [0.1, 0.15) is 5.25 Å². The highest BCUT2D eigenvalue weighted by atomic mass is 32.2. The second kappa shape index (κ2) is 8.05. The highest BCUT2D eigenvalue weighted by Crippen LogP contribution is 2.25. The fraction of sp³-hybridized carbons (Fsp3) is 0.158. The number of aromatic carboxylic acids is 1. The van der Waals surface area contributed by atoms with Gasteiger partial charge in [0, 0.05) is 12.1 Å². The van der Waals surface area contributed by atoms with Crippen LogP contribution in [0.5, 0.6) is 0 Å². The molecular weight excluding hydrogens is 366 g/mol. The van der Waals surface area contributed by atoms with E-state index in [1.807, 2.05) is 31.2 Å². The van der Waals surface area contributed by atoms with Gasteiger partial charge in [-0.05, 0) is 43.3 Å². The first-order valence-corrected chi connectivity index (χ1v) is 9.05. The lowest BCUT2D eigenvalue weighted by Gasteiger charge is -2.07. The number of carbonyl (C=O) groups is 3.